The van der Waals surface area contributed by atoms with Crippen molar-refractivity contribution in [3.8, 4) is 0 Å². The SMILES string of the molecule is CC1CCN(S(=O)(=O)c2ccc3c(c2)CCCC(=O)N3CC(=O)NC2CCCCC2)CC1. The Bertz CT molecular complexity index is 948. The number of carbonyl (C=O) groups excluding carboxylic acids is 2. The summed E-state index contributed by atoms with van der Waals surface area (Å²) in [5, 5.41) is 3.08. The third kappa shape index (κ3) is 5.17. The largest absolute Gasteiger partial charge is 0.352 e. The Kier molecular flexibility index (Phi) is 7.20. The highest BCUT2D eigenvalue weighted by Gasteiger charge is 2.31. The van der Waals surface area contributed by atoms with Crippen LogP contribution in [-0.2, 0) is 26.0 Å². The van der Waals surface area contributed by atoms with Crippen LogP contribution >= 0.6 is 0 Å². The van der Waals surface area contributed by atoms with E-state index >= 15 is 0 Å². The molecule has 1 N–H and O–H groups in total. The molecule has 7 nitrogen and oxygen atoms in total. The zero-order valence-electron chi connectivity index (χ0n) is 19.0. The van der Waals surface area contributed by atoms with Crippen LogP contribution in [0, 0.1) is 5.92 Å². The second-order valence-corrected chi connectivity index (χ2v) is 11.6. The fourth-order valence-electron chi connectivity index (χ4n) is 5.10. The number of piperidine rings is 1. The minimum absolute atomic E-state index is 0.0154. The van der Waals surface area contributed by atoms with Crippen LogP contribution in [0.25, 0.3) is 0 Å². The van der Waals surface area contributed by atoms with Crippen LogP contribution in [-0.4, -0.2) is 50.2 Å². The minimum Gasteiger partial charge on any atom is -0.352 e. The first-order chi connectivity index (χ1) is 15.3. The maximum Gasteiger partial charge on any atom is 0.243 e. The van der Waals surface area contributed by atoms with Crippen molar-refractivity contribution in [1.82, 2.24) is 9.62 Å². The summed E-state index contributed by atoms with van der Waals surface area (Å²) in [6, 6.07) is 5.22. The van der Waals surface area contributed by atoms with E-state index in [1.165, 1.54) is 6.42 Å². The van der Waals surface area contributed by atoms with Gasteiger partial charge in [-0.05, 0) is 68.2 Å². The van der Waals surface area contributed by atoms with Crippen LogP contribution in [0.15, 0.2) is 23.1 Å². The Balaban J connectivity index is 1.53. The van der Waals surface area contributed by atoms with Gasteiger partial charge >= 0.3 is 0 Å². The van der Waals surface area contributed by atoms with Gasteiger partial charge < -0.3 is 10.2 Å². The van der Waals surface area contributed by atoms with Crippen molar-refractivity contribution < 1.29 is 18.0 Å². The average molecular weight is 462 g/mol. The van der Waals surface area contributed by atoms with Crippen LogP contribution < -0.4 is 10.2 Å². The second-order valence-electron chi connectivity index (χ2n) is 9.61. The Morgan fingerprint density at radius 1 is 1.03 bits per heavy atom. The Morgan fingerprint density at radius 2 is 1.75 bits per heavy atom. The van der Waals surface area contributed by atoms with E-state index in [0.29, 0.717) is 44.0 Å². The number of anilines is 1. The first-order valence-electron chi connectivity index (χ1n) is 12.1. The number of benzene rings is 1. The van der Waals surface area contributed by atoms with Gasteiger partial charge in [-0.25, -0.2) is 8.42 Å². The number of nitrogens with zero attached hydrogens (tertiary/aromatic N) is 2. The zero-order chi connectivity index (χ0) is 22.7. The molecule has 2 aliphatic heterocycles. The lowest BCUT2D eigenvalue weighted by Crippen LogP contribution is -2.44. The molecule has 3 aliphatic rings. The highest BCUT2D eigenvalue weighted by molar-refractivity contribution is 7.89. The molecule has 32 heavy (non-hydrogen) atoms. The van der Waals surface area contributed by atoms with Crippen molar-refractivity contribution in [3.63, 3.8) is 0 Å². The van der Waals surface area contributed by atoms with Gasteiger partial charge in [0.05, 0.1) is 4.90 Å². The normalized spacial score (nSPS) is 21.8. The van der Waals surface area contributed by atoms with Crippen molar-refractivity contribution >= 4 is 27.5 Å². The van der Waals surface area contributed by atoms with Gasteiger partial charge in [-0.15, -0.1) is 0 Å². The molecule has 0 aromatic heterocycles. The van der Waals surface area contributed by atoms with E-state index < -0.39 is 10.0 Å². The third-order valence-electron chi connectivity index (χ3n) is 7.13. The first-order valence-corrected chi connectivity index (χ1v) is 13.5. The maximum absolute atomic E-state index is 13.2. The predicted octanol–water partition coefficient (Wildman–Crippen LogP) is 3.23. The number of hydrogen-bond acceptors (Lipinski definition) is 4. The van der Waals surface area contributed by atoms with Crippen LogP contribution in [0.5, 0.6) is 0 Å². The number of nitrogens with one attached hydrogen (secondary N) is 1. The average Bonchev–Trinajstić information content (AvgIpc) is 2.93. The molecule has 1 aromatic carbocycles. The second kappa shape index (κ2) is 9.91. The summed E-state index contributed by atoms with van der Waals surface area (Å²) in [4.78, 5) is 27.3. The number of sulfonamides is 1. The topological polar surface area (TPSA) is 86.8 Å². The van der Waals surface area contributed by atoms with Crippen LogP contribution in [0.4, 0.5) is 5.69 Å². The van der Waals surface area contributed by atoms with E-state index in [4.69, 9.17) is 0 Å². The summed E-state index contributed by atoms with van der Waals surface area (Å²) in [6.07, 6.45) is 8.85. The van der Waals surface area contributed by atoms with Gasteiger partial charge in [0.1, 0.15) is 6.54 Å². The Morgan fingerprint density at radius 3 is 2.47 bits per heavy atom. The molecule has 1 aliphatic carbocycles. The van der Waals surface area contributed by atoms with Crippen LogP contribution in [0.3, 0.4) is 0 Å². The van der Waals surface area contributed by atoms with Gasteiger partial charge in [0, 0.05) is 31.2 Å². The zero-order valence-corrected chi connectivity index (χ0v) is 19.8. The molecule has 0 bridgehead atoms. The smallest absolute Gasteiger partial charge is 0.243 e. The molecule has 2 amide bonds. The Labute approximate surface area is 191 Å². The number of fused-ring (bicyclic) bond motifs is 1. The van der Waals surface area contributed by atoms with Gasteiger partial charge in [-0.2, -0.15) is 4.31 Å². The summed E-state index contributed by atoms with van der Waals surface area (Å²) in [6.45, 7) is 3.24. The standard InChI is InChI=1S/C24H35N3O4S/c1-18-12-14-26(15-13-18)32(30,31)21-10-11-22-19(16-21)6-5-9-24(29)27(22)17-23(28)25-20-7-3-2-4-8-20/h10-11,16,18,20H,2-9,12-15,17H2,1H3,(H,25,28). The van der Waals surface area contributed by atoms with E-state index in [9.17, 15) is 18.0 Å². The first kappa shape index (κ1) is 23.2. The van der Waals surface area contributed by atoms with Gasteiger partial charge in [-0.3, -0.25) is 9.59 Å². The van der Waals surface area contributed by atoms with Gasteiger partial charge in [0.2, 0.25) is 21.8 Å². The fraction of sp³-hybridized carbons (Fsp3) is 0.667. The lowest BCUT2D eigenvalue weighted by Gasteiger charge is -2.30. The molecule has 0 radical (unpaired) electrons. The monoisotopic (exact) mass is 461 g/mol. The van der Waals surface area contributed by atoms with E-state index in [1.807, 2.05) is 0 Å². The lowest BCUT2D eigenvalue weighted by atomic mass is 9.95. The van der Waals surface area contributed by atoms with Gasteiger partial charge in [0.15, 0.2) is 0 Å². The number of aryl methyl sites for hydroxylation is 1. The van der Waals surface area contributed by atoms with Crippen molar-refractivity contribution in [1.29, 1.82) is 0 Å². The van der Waals surface area contributed by atoms with Crippen LogP contribution in [0.1, 0.15) is 70.3 Å². The Hall–Kier alpha value is -1.93. The fourth-order valence-corrected chi connectivity index (χ4v) is 6.62. The number of hydrogen-bond donors (Lipinski definition) is 1. The van der Waals surface area contributed by atoms with E-state index in [2.05, 4.69) is 12.2 Å². The molecule has 0 spiro atoms. The molecular weight excluding hydrogens is 426 g/mol. The molecule has 1 aromatic rings. The molecule has 0 atom stereocenters. The number of carbonyl (C=O) groups is 2. The van der Waals surface area contributed by atoms with Gasteiger partial charge in [0.25, 0.3) is 0 Å². The predicted molar refractivity (Wildman–Crippen MR) is 124 cm³/mol. The van der Waals surface area contributed by atoms with E-state index in [-0.39, 0.29) is 29.3 Å². The summed E-state index contributed by atoms with van der Waals surface area (Å²) in [5.41, 5.74) is 1.49. The highest BCUT2D eigenvalue weighted by Crippen LogP contribution is 2.31. The summed E-state index contributed by atoms with van der Waals surface area (Å²) < 4.78 is 28.0. The van der Waals surface area contributed by atoms with E-state index in [1.54, 1.807) is 27.4 Å². The molecular formula is C24H35N3O4S. The maximum atomic E-state index is 13.2. The van der Waals surface area contributed by atoms with Gasteiger partial charge in [-0.1, -0.05) is 26.2 Å². The van der Waals surface area contributed by atoms with Crippen LogP contribution in [0.2, 0.25) is 0 Å². The summed E-state index contributed by atoms with van der Waals surface area (Å²) in [5.74, 6) is 0.327. The highest BCUT2D eigenvalue weighted by atomic mass is 32.2. The molecule has 1 saturated carbocycles. The molecule has 8 heteroatoms. The lowest BCUT2D eigenvalue weighted by molar-refractivity contribution is -0.124. The van der Waals surface area contributed by atoms with Crippen molar-refractivity contribution in [2.75, 3.05) is 24.5 Å². The molecule has 2 fully saturated rings. The van der Waals surface area contributed by atoms with Crippen molar-refractivity contribution in [3.05, 3.63) is 23.8 Å². The molecule has 2 heterocycles. The van der Waals surface area contributed by atoms with Crippen molar-refractivity contribution in [2.24, 2.45) is 5.92 Å². The summed E-state index contributed by atoms with van der Waals surface area (Å²) in [7, 11) is -3.55. The molecule has 1 saturated heterocycles. The molecule has 4 rings (SSSR count). The van der Waals surface area contributed by atoms with Crippen molar-refractivity contribution in [2.45, 2.75) is 82.1 Å². The third-order valence-corrected chi connectivity index (χ3v) is 9.03. The minimum atomic E-state index is -3.55. The quantitative estimate of drug-likeness (QED) is 0.729. The molecule has 176 valence electrons. The number of amides is 2. The van der Waals surface area contributed by atoms with E-state index in [0.717, 1.165) is 44.1 Å². The number of rotatable bonds is 5. The summed E-state index contributed by atoms with van der Waals surface area (Å²) >= 11 is 0. The molecule has 0 unspecified atom stereocenters.